The molecule has 2 aromatic rings. The van der Waals surface area contributed by atoms with Gasteiger partial charge in [0, 0.05) is 10.0 Å². The first-order valence-corrected chi connectivity index (χ1v) is 8.58. The van der Waals surface area contributed by atoms with Crippen molar-refractivity contribution >= 4 is 27.7 Å². The van der Waals surface area contributed by atoms with Crippen LogP contribution in [-0.4, -0.2) is 20.8 Å². The molecule has 0 amide bonds. The maximum absolute atomic E-state index is 12.2. The van der Waals surface area contributed by atoms with Gasteiger partial charge in [-0.2, -0.15) is 16.7 Å². The average Bonchev–Trinajstić information content (AvgIpc) is 2.39. The number of halogens is 1. The number of aromatic amines is 1. The number of aromatic nitrogens is 2. The SMILES string of the molecule is CC(C)CSCc1nc(O)c(-c2ccccc2Br)c(=O)[nH]1. The lowest BCUT2D eigenvalue weighted by molar-refractivity contribution is 0.451. The fourth-order valence-corrected chi connectivity index (χ4v) is 3.28. The van der Waals surface area contributed by atoms with E-state index in [0.29, 0.717) is 23.1 Å². The van der Waals surface area contributed by atoms with Crippen LogP contribution in [0.2, 0.25) is 0 Å². The molecule has 1 heterocycles. The van der Waals surface area contributed by atoms with Gasteiger partial charge in [-0.25, -0.2) is 0 Å². The monoisotopic (exact) mass is 368 g/mol. The van der Waals surface area contributed by atoms with Gasteiger partial charge in [-0.3, -0.25) is 4.79 Å². The first-order chi connectivity index (χ1) is 9.99. The van der Waals surface area contributed by atoms with Gasteiger partial charge >= 0.3 is 0 Å². The van der Waals surface area contributed by atoms with Crippen LogP contribution in [0, 0.1) is 5.92 Å². The zero-order chi connectivity index (χ0) is 15.4. The van der Waals surface area contributed by atoms with Gasteiger partial charge in [0.05, 0.1) is 5.75 Å². The minimum Gasteiger partial charge on any atom is -0.493 e. The zero-order valence-electron chi connectivity index (χ0n) is 11.9. The first-order valence-electron chi connectivity index (χ1n) is 6.64. The zero-order valence-corrected chi connectivity index (χ0v) is 14.3. The van der Waals surface area contributed by atoms with Crippen molar-refractivity contribution in [2.45, 2.75) is 19.6 Å². The number of benzene rings is 1. The van der Waals surface area contributed by atoms with Crippen molar-refractivity contribution < 1.29 is 5.11 Å². The highest BCUT2D eigenvalue weighted by molar-refractivity contribution is 9.10. The summed E-state index contributed by atoms with van der Waals surface area (Å²) in [6.45, 7) is 4.27. The lowest BCUT2D eigenvalue weighted by Crippen LogP contribution is -2.14. The van der Waals surface area contributed by atoms with E-state index in [2.05, 4.69) is 39.7 Å². The van der Waals surface area contributed by atoms with Crippen LogP contribution in [0.15, 0.2) is 33.5 Å². The summed E-state index contributed by atoms with van der Waals surface area (Å²) in [5, 5.41) is 10.1. The summed E-state index contributed by atoms with van der Waals surface area (Å²) in [7, 11) is 0. The number of H-pyrrole nitrogens is 1. The fourth-order valence-electron chi connectivity index (χ4n) is 1.87. The van der Waals surface area contributed by atoms with Gasteiger partial charge in [0.15, 0.2) is 0 Å². The molecular weight excluding hydrogens is 352 g/mol. The molecule has 2 rings (SSSR count). The summed E-state index contributed by atoms with van der Waals surface area (Å²) in [6.07, 6.45) is 0. The van der Waals surface area contributed by atoms with Crippen molar-refractivity contribution in [3.8, 4) is 17.0 Å². The Balaban J connectivity index is 2.30. The smallest absolute Gasteiger partial charge is 0.262 e. The molecule has 2 N–H and O–H groups in total. The average molecular weight is 369 g/mol. The maximum Gasteiger partial charge on any atom is 0.262 e. The second kappa shape index (κ2) is 7.13. The molecule has 0 saturated carbocycles. The molecule has 0 aliphatic carbocycles. The van der Waals surface area contributed by atoms with Gasteiger partial charge in [-0.05, 0) is 17.7 Å². The number of hydrogen-bond acceptors (Lipinski definition) is 4. The summed E-state index contributed by atoms with van der Waals surface area (Å²) in [5.41, 5.74) is 0.500. The van der Waals surface area contributed by atoms with Crippen LogP contribution < -0.4 is 5.56 Å². The van der Waals surface area contributed by atoms with E-state index in [9.17, 15) is 9.90 Å². The Labute approximate surface area is 136 Å². The van der Waals surface area contributed by atoms with Crippen LogP contribution in [0.1, 0.15) is 19.7 Å². The standard InChI is InChI=1S/C15H17BrN2O2S/c1-9(2)7-21-8-12-17-14(19)13(15(20)18-12)10-5-3-4-6-11(10)16/h3-6,9H,7-8H2,1-2H3,(H2,17,18,19,20). The van der Waals surface area contributed by atoms with Gasteiger partial charge < -0.3 is 10.1 Å². The van der Waals surface area contributed by atoms with Gasteiger partial charge in [0.25, 0.3) is 5.56 Å². The molecule has 0 aliphatic heterocycles. The molecule has 6 heteroatoms. The molecule has 0 aliphatic rings. The normalized spacial score (nSPS) is 11.0. The number of rotatable bonds is 5. The molecule has 1 aromatic carbocycles. The summed E-state index contributed by atoms with van der Waals surface area (Å²) in [6, 6.07) is 7.25. The molecule has 0 unspecified atom stereocenters. The highest BCUT2D eigenvalue weighted by Gasteiger charge is 2.15. The van der Waals surface area contributed by atoms with E-state index in [-0.39, 0.29) is 17.0 Å². The molecule has 0 fully saturated rings. The molecule has 0 atom stereocenters. The van der Waals surface area contributed by atoms with Gasteiger partial charge in [0.2, 0.25) is 5.88 Å². The van der Waals surface area contributed by atoms with Gasteiger partial charge in [-0.15, -0.1) is 0 Å². The summed E-state index contributed by atoms with van der Waals surface area (Å²) in [5.74, 6) is 2.41. The van der Waals surface area contributed by atoms with Gasteiger partial charge in [-0.1, -0.05) is 48.0 Å². The third-order valence-corrected chi connectivity index (χ3v) is 4.85. The van der Waals surface area contributed by atoms with E-state index in [1.165, 1.54) is 0 Å². The first kappa shape index (κ1) is 16.1. The number of nitrogens with one attached hydrogen (secondary N) is 1. The molecule has 112 valence electrons. The van der Waals surface area contributed by atoms with E-state index in [1.807, 2.05) is 18.2 Å². The highest BCUT2D eigenvalue weighted by atomic mass is 79.9. The van der Waals surface area contributed by atoms with E-state index >= 15 is 0 Å². The Hall–Kier alpha value is -1.27. The number of hydrogen-bond donors (Lipinski definition) is 2. The lowest BCUT2D eigenvalue weighted by Gasteiger charge is -2.08. The topological polar surface area (TPSA) is 66.0 Å². The molecular formula is C15H17BrN2O2S. The number of aromatic hydroxyl groups is 1. The van der Waals surface area contributed by atoms with Crippen LogP contribution in [-0.2, 0) is 5.75 Å². The van der Waals surface area contributed by atoms with Crippen molar-refractivity contribution in [3.63, 3.8) is 0 Å². The molecule has 0 spiro atoms. The van der Waals surface area contributed by atoms with Crippen LogP contribution >= 0.6 is 27.7 Å². The summed E-state index contributed by atoms with van der Waals surface area (Å²) >= 11 is 5.07. The third-order valence-electron chi connectivity index (χ3n) is 2.78. The molecule has 21 heavy (non-hydrogen) atoms. The predicted molar refractivity (Wildman–Crippen MR) is 90.7 cm³/mol. The Morgan fingerprint density at radius 3 is 2.71 bits per heavy atom. The Bertz CT molecular complexity index is 686. The second-order valence-corrected chi connectivity index (χ2v) is 6.98. The van der Waals surface area contributed by atoms with E-state index in [0.717, 1.165) is 10.2 Å². The second-order valence-electron chi connectivity index (χ2n) is 5.10. The van der Waals surface area contributed by atoms with E-state index in [4.69, 9.17) is 0 Å². The number of thioether (sulfide) groups is 1. The number of nitrogens with zero attached hydrogens (tertiary/aromatic N) is 1. The summed E-state index contributed by atoms with van der Waals surface area (Å²) < 4.78 is 0.745. The fraction of sp³-hybridized carbons (Fsp3) is 0.333. The minimum absolute atomic E-state index is 0.195. The molecule has 0 bridgehead atoms. The van der Waals surface area contributed by atoms with E-state index in [1.54, 1.807) is 17.8 Å². The minimum atomic E-state index is -0.324. The molecule has 1 aromatic heterocycles. The van der Waals surface area contributed by atoms with E-state index < -0.39 is 0 Å². The van der Waals surface area contributed by atoms with Crippen LogP contribution in [0.5, 0.6) is 5.88 Å². The Morgan fingerprint density at radius 1 is 1.38 bits per heavy atom. The quantitative estimate of drug-likeness (QED) is 0.842. The highest BCUT2D eigenvalue weighted by Crippen LogP contribution is 2.30. The van der Waals surface area contributed by atoms with Crippen molar-refractivity contribution in [3.05, 3.63) is 44.9 Å². The molecule has 0 saturated heterocycles. The molecule has 0 radical (unpaired) electrons. The van der Waals surface area contributed by atoms with Crippen LogP contribution in [0.25, 0.3) is 11.1 Å². The van der Waals surface area contributed by atoms with Gasteiger partial charge in [0.1, 0.15) is 11.4 Å². The largest absolute Gasteiger partial charge is 0.493 e. The van der Waals surface area contributed by atoms with Crippen molar-refractivity contribution in [2.24, 2.45) is 5.92 Å². The van der Waals surface area contributed by atoms with Crippen LogP contribution in [0.4, 0.5) is 0 Å². The maximum atomic E-state index is 12.2. The summed E-state index contributed by atoms with van der Waals surface area (Å²) in [4.78, 5) is 19.1. The third kappa shape index (κ3) is 4.11. The molecule has 4 nitrogen and oxygen atoms in total. The van der Waals surface area contributed by atoms with Crippen molar-refractivity contribution in [1.82, 2.24) is 9.97 Å². The Morgan fingerprint density at radius 2 is 2.10 bits per heavy atom. The van der Waals surface area contributed by atoms with Crippen LogP contribution in [0.3, 0.4) is 0 Å². The lowest BCUT2D eigenvalue weighted by atomic mass is 10.1. The Kier molecular flexibility index (Phi) is 5.47. The van der Waals surface area contributed by atoms with Crippen molar-refractivity contribution in [1.29, 1.82) is 0 Å². The van der Waals surface area contributed by atoms with Crippen molar-refractivity contribution in [2.75, 3.05) is 5.75 Å². The predicted octanol–water partition coefficient (Wildman–Crippen LogP) is 3.79.